The molecule has 2 rings (SSSR count). The van der Waals surface area contributed by atoms with Crippen molar-refractivity contribution >= 4 is 57.3 Å². The molecule has 19 heavy (non-hydrogen) atoms. The number of aromatic amines is 1. The van der Waals surface area contributed by atoms with Crippen LogP contribution in [0.1, 0.15) is 19.4 Å². The van der Waals surface area contributed by atoms with Crippen LogP contribution < -0.4 is 0 Å². The van der Waals surface area contributed by atoms with Crippen LogP contribution in [0.5, 0.6) is 0 Å². The van der Waals surface area contributed by atoms with Gasteiger partial charge < -0.3 is 9.55 Å². The summed E-state index contributed by atoms with van der Waals surface area (Å²) < 4.78 is 13.8. The van der Waals surface area contributed by atoms with Crippen LogP contribution in [0.25, 0.3) is 11.0 Å². The fraction of sp³-hybridized carbons (Fsp3) is 0.417. The van der Waals surface area contributed by atoms with Crippen LogP contribution >= 0.6 is 35.4 Å². The highest BCUT2D eigenvalue weighted by Gasteiger charge is 2.13. The molecule has 1 heterocycles. The van der Waals surface area contributed by atoms with Crippen molar-refractivity contribution in [1.82, 2.24) is 9.55 Å². The van der Waals surface area contributed by atoms with Gasteiger partial charge in [-0.2, -0.15) is 0 Å². The first-order valence-corrected chi connectivity index (χ1v) is 8.68. The summed E-state index contributed by atoms with van der Waals surface area (Å²) in [5.74, 6) is 0.650. The molecule has 2 unspecified atom stereocenters. The highest BCUT2D eigenvalue weighted by atomic mass is 35.5. The normalized spacial score (nSPS) is 14.7. The van der Waals surface area contributed by atoms with E-state index in [1.807, 2.05) is 10.6 Å². The monoisotopic (exact) mass is 336 g/mol. The van der Waals surface area contributed by atoms with Crippen molar-refractivity contribution in [3.05, 3.63) is 26.9 Å². The smallest absolute Gasteiger partial charge is 0.178 e. The van der Waals surface area contributed by atoms with Gasteiger partial charge in [0, 0.05) is 28.9 Å². The quantitative estimate of drug-likeness (QED) is 0.843. The fourth-order valence-corrected chi connectivity index (χ4v) is 3.41. The summed E-state index contributed by atoms with van der Waals surface area (Å²) >= 11 is 17.4. The lowest BCUT2D eigenvalue weighted by atomic mass is 10.2. The Balaban J connectivity index is 2.47. The number of nitrogens with one attached hydrogen (secondary N) is 1. The molecule has 0 saturated heterocycles. The van der Waals surface area contributed by atoms with E-state index in [0.29, 0.717) is 20.6 Å². The minimum absolute atomic E-state index is 0.155. The number of nitrogens with zero attached hydrogens (tertiary/aromatic N) is 1. The van der Waals surface area contributed by atoms with Crippen LogP contribution in [-0.4, -0.2) is 25.8 Å². The number of H-pyrrole nitrogens is 1. The number of hydrogen-bond acceptors (Lipinski definition) is 2. The van der Waals surface area contributed by atoms with E-state index in [1.54, 1.807) is 12.3 Å². The Kier molecular flexibility index (Phi) is 4.71. The van der Waals surface area contributed by atoms with Crippen molar-refractivity contribution < 1.29 is 4.21 Å². The Morgan fingerprint density at radius 2 is 2.05 bits per heavy atom. The van der Waals surface area contributed by atoms with E-state index in [9.17, 15) is 4.21 Å². The van der Waals surface area contributed by atoms with Gasteiger partial charge in [-0.05, 0) is 37.7 Å². The number of hydrogen-bond donors (Lipinski definition) is 1. The molecule has 0 bridgehead atoms. The van der Waals surface area contributed by atoms with Crippen LogP contribution in [0.4, 0.5) is 0 Å². The highest BCUT2D eigenvalue weighted by Crippen LogP contribution is 2.29. The van der Waals surface area contributed by atoms with Crippen LogP contribution in [0.3, 0.4) is 0 Å². The molecule has 104 valence electrons. The van der Waals surface area contributed by atoms with Gasteiger partial charge in [0.2, 0.25) is 0 Å². The topological polar surface area (TPSA) is 37.8 Å². The van der Waals surface area contributed by atoms with Gasteiger partial charge >= 0.3 is 0 Å². The number of halogens is 2. The summed E-state index contributed by atoms with van der Waals surface area (Å²) in [7, 11) is -0.801. The zero-order chi connectivity index (χ0) is 14.2. The zero-order valence-electron chi connectivity index (χ0n) is 10.6. The van der Waals surface area contributed by atoms with Gasteiger partial charge in [-0.1, -0.05) is 23.2 Å². The first-order chi connectivity index (χ1) is 8.90. The molecule has 2 atom stereocenters. The Labute approximate surface area is 129 Å². The molecule has 7 heteroatoms. The van der Waals surface area contributed by atoms with E-state index in [0.717, 1.165) is 17.5 Å². The highest BCUT2D eigenvalue weighted by molar-refractivity contribution is 7.84. The zero-order valence-corrected chi connectivity index (χ0v) is 13.7. The standard InChI is InChI=1S/C12H14Cl2N2OS2/c1-7(3-4-19(2)17)16-11-6-9(14)8(13)5-10(11)15-12(16)18/h5-7H,3-4H2,1-2H3,(H,15,18). The third kappa shape index (κ3) is 3.21. The van der Waals surface area contributed by atoms with Crippen molar-refractivity contribution in [2.45, 2.75) is 19.4 Å². The maximum Gasteiger partial charge on any atom is 0.178 e. The minimum atomic E-state index is -0.801. The van der Waals surface area contributed by atoms with E-state index in [1.165, 1.54) is 0 Å². The predicted molar refractivity (Wildman–Crippen MR) is 85.4 cm³/mol. The second kappa shape index (κ2) is 5.95. The Bertz CT molecular complexity index is 693. The minimum Gasteiger partial charge on any atom is -0.331 e. The Hall–Kier alpha value is -0.360. The molecule has 0 saturated carbocycles. The molecule has 1 N–H and O–H groups in total. The van der Waals surface area contributed by atoms with E-state index >= 15 is 0 Å². The molecule has 0 radical (unpaired) electrons. The molecule has 3 nitrogen and oxygen atoms in total. The van der Waals surface area contributed by atoms with Crippen molar-refractivity contribution in [3.8, 4) is 0 Å². The van der Waals surface area contributed by atoms with E-state index < -0.39 is 10.8 Å². The number of benzene rings is 1. The fourth-order valence-electron chi connectivity index (χ4n) is 2.02. The van der Waals surface area contributed by atoms with Gasteiger partial charge in [0.05, 0.1) is 21.1 Å². The summed E-state index contributed by atoms with van der Waals surface area (Å²) in [6.45, 7) is 2.05. The largest absolute Gasteiger partial charge is 0.331 e. The van der Waals surface area contributed by atoms with Gasteiger partial charge in [0.25, 0.3) is 0 Å². The summed E-state index contributed by atoms with van der Waals surface area (Å²) in [6, 6.07) is 3.74. The molecule has 0 aliphatic rings. The summed E-state index contributed by atoms with van der Waals surface area (Å²) in [6.07, 6.45) is 2.50. The van der Waals surface area contributed by atoms with E-state index in [-0.39, 0.29) is 6.04 Å². The van der Waals surface area contributed by atoms with Crippen LogP contribution in [0.15, 0.2) is 12.1 Å². The van der Waals surface area contributed by atoms with Gasteiger partial charge in [0.15, 0.2) is 4.77 Å². The molecular weight excluding hydrogens is 323 g/mol. The summed E-state index contributed by atoms with van der Waals surface area (Å²) in [5, 5.41) is 1.00. The SMILES string of the molecule is CC(CCS(C)=O)n1c(=S)[nH]c2cc(Cl)c(Cl)cc21. The summed E-state index contributed by atoms with van der Waals surface area (Å²) in [4.78, 5) is 3.12. The Morgan fingerprint density at radius 1 is 1.42 bits per heavy atom. The van der Waals surface area contributed by atoms with Crippen LogP contribution in [0, 0.1) is 4.77 Å². The average Bonchev–Trinajstić information content (AvgIpc) is 2.62. The molecule has 2 aromatic rings. The molecule has 0 amide bonds. The van der Waals surface area contributed by atoms with Crippen molar-refractivity contribution in [2.75, 3.05) is 12.0 Å². The molecule has 1 aromatic heterocycles. The van der Waals surface area contributed by atoms with E-state index in [4.69, 9.17) is 35.4 Å². The molecule has 0 fully saturated rings. The lowest BCUT2D eigenvalue weighted by Crippen LogP contribution is -2.09. The lowest BCUT2D eigenvalue weighted by molar-refractivity contribution is 0.539. The third-order valence-corrected chi connectivity index (χ3v) is 4.85. The Morgan fingerprint density at radius 3 is 2.68 bits per heavy atom. The first kappa shape index (κ1) is 15.0. The molecule has 0 aliphatic heterocycles. The van der Waals surface area contributed by atoms with Crippen molar-refractivity contribution in [2.24, 2.45) is 0 Å². The van der Waals surface area contributed by atoms with Crippen LogP contribution in [-0.2, 0) is 10.8 Å². The van der Waals surface area contributed by atoms with Crippen molar-refractivity contribution in [3.63, 3.8) is 0 Å². The second-order valence-corrected chi connectivity index (χ2v) is 7.25. The van der Waals surface area contributed by atoms with E-state index in [2.05, 4.69) is 11.9 Å². The first-order valence-electron chi connectivity index (χ1n) is 5.79. The number of aromatic nitrogens is 2. The number of rotatable bonds is 4. The van der Waals surface area contributed by atoms with Gasteiger partial charge in [-0.15, -0.1) is 0 Å². The molecular formula is C12H14Cl2N2OS2. The van der Waals surface area contributed by atoms with Gasteiger partial charge in [0.1, 0.15) is 0 Å². The summed E-state index contributed by atoms with van der Waals surface area (Å²) in [5.41, 5.74) is 1.79. The van der Waals surface area contributed by atoms with Gasteiger partial charge in [-0.3, -0.25) is 4.21 Å². The van der Waals surface area contributed by atoms with Gasteiger partial charge in [-0.25, -0.2) is 0 Å². The molecule has 0 spiro atoms. The van der Waals surface area contributed by atoms with Crippen molar-refractivity contribution in [1.29, 1.82) is 0 Å². The maximum atomic E-state index is 11.2. The number of fused-ring (bicyclic) bond motifs is 1. The molecule has 1 aromatic carbocycles. The predicted octanol–water partition coefficient (Wildman–Crippen LogP) is 4.34. The second-order valence-electron chi connectivity index (χ2n) is 4.50. The average molecular weight is 337 g/mol. The van der Waals surface area contributed by atoms with Crippen LogP contribution in [0.2, 0.25) is 10.0 Å². The molecule has 0 aliphatic carbocycles. The lowest BCUT2D eigenvalue weighted by Gasteiger charge is -2.14. The third-order valence-electron chi connectivity index (χ3n) is 3.02. The number of imidazole rings is 1. The maximum absolute atomic E-state index is 11.2.